The van der Waals surface area contributed by atoms with Gasteiger partial charge in [-0.05, 0) is 83.3 Å². The highest BCUT2D eigenvalue weighted by atomic mass is 15.3. The van der Waals surface area contributed by atoms with Crippen LogP contribution in [0, 0.1) is 5.92 Å². The van der Waals surface area contributed by atoms with Crippen molar-refractivity contribution >= 4 is 5.69 Å². The molecule has 2 aliphatic carbocycles. The van der Waals surface area contributed by atoms with E-state index in [0.717, 1.165) is 43.9 Å². The summed E-state index contributed by atoms with van der Waals surface area (Å²) in [4.78, 5) is 7.21. The van der Waals surface area contributed by atoms with Crippen molar-refractivity contribution in [3.8, 4) is 11.3 Å². The molecule has 0 aromatic carbocycles. The molecule has 28 heavy (non-hydrogen) atoms. The first-order chi connectivity index (χ1) is 13.7. The molecule has 1 aliphatic heterocycles. The summed E-state index contributed by atoms with van der Waals surface area (Å²) in [5.74, 6) is 1.28. The molecule has 5 rings (SSSR count). The van der Waals surface area contributed by atoms with E-state index in [1.807, 2.05) is 12.3 Å². The Hall–Kier alpha value is -1.92. The molecule has 150 valence electrons. The van der Waals surface area contributed by atoms with Crippen LogP contribution in [0.15, 0.2) is 24.5 Å². The second kappa shape index (κ2) is 7.48. The lowest BCUT2D eigenvalue weighted by atomic mass is 9.80. The van der Waals surface area contributed by atoms with Crippen LogP contribution < -0.4 is 11.1 Å². The topological polar surface area (TPSA) is 72.0 Å². The molecule has 6 nitrogen and oxygen atoms in total. The third kappa shape index (κ3) is 3.55. The SMILES string of the molecule is CN1CCC(Nc2cccnc2-c2cn(C3CC(CN)C3)nc2C2CC2)CC1. The first-order valence-corrected chi connectivity index (χ1v) is 10.9. The molecule has 2 aromatic rings. The van der Waals surface area contributed by atoms with E-state index in [2.05, 4.69) is 34.2 Å². The highest BCUT2D eigenvalue weighted by Gasteiger charge is 2.35. The normalized spacial score (nSPS) is 26.2. The fraction of sp³-hybridized carbons (Fsp3) is 0.636. The molecule has 0 bridgehead atoms. The zero-order valence-electron chi connectivity index (χ0n) is 16.8. The Morgan fingerprint density at radius 1 is 1.18 bits per heavy atom. The third-order valence-corrected chi connectivity index (χ3v) is 6.78. The molecule has 0 atom stereocenters. The maximum atomic E-state index is 5.82. The second-order valence-corrected chi connectivity index (χ2v) is 9.03. The van der Waals surface area contributed by atoms with Gasteiger partial charge in [-0.15, -0.1) is 0 Å². The van der Waals surface area contributed by atoms with Gasteiger partial charge in [0, 0.05) is 29.9 Å². The average molecular weight is 381 g/mol. The predicted molar refractivity (Wildman–Crippen MR) is 112 cm³/mol. The number of nitrogens with zero attached hydrogens (tertiary/aromatic N) is 4. The van der Waals surface area contributed by atoms with Crippen LogP contribution in [-0.2, 0) is 0 Å². The molecular formula is C22H32N6. The van der Waals surface area contributed by atoms with Gasteiger partial charge in [0.1, 0.15) is 0 Å². The van der Waals surface area contributed by atoms with Crippen molar-refractivity contribution in [3.63, 3.8) is 0 Å². The Labute approximate surface area is 167 Å². The van der Waals surface area contributed by atoms with Gasteiger partial charge < -0.3 is 16.0 Å². The van der Waals surface area contributed by atoms with Crippen LogP contribution in [-0.4, -0.2) is 52.4 Å². The van der Waals surface area contributed by atoms with Gasteiger partial charge in [-0.2, -0.15) is 5.10 Å². The average Bonchev–Trinajstić information content (AvgIpc) is 3.43. The molecule has 3 N–H and O–H groups in total. The predicted octanol–water partition coefficient (Wildman–Crippen LogP) is 3.24. The molecule has 3 heterocycles. The van der Waals surface area contributed by atoms with E-state index in [0.29, 0.717) is 23.9 Å². The summed E-state index contributed by atoms with van der Waals surface area (Å²) in [5, 5.41) is 8.83. The standard InChI is InChI=1S/C22H32N6/c1-27-9-6-17(7-10-27)25-20-3-2-8-24-22(20)19-14-28(18-11-15(12-18)13-23)26-21(19)16-4-5-16/h2-3,8,14-18,25H,4-7,9-13,23H2,1H3. The van der Waals surface area contributed by atoms with Crippen molar-refractivity contribution in [2.45, 2.75) is 56.5 Å². The Kier molecular flexibility index (Phi) is 4.85. The monoisotopic (exact) mass is 380 g/mol. The van der Waals surface area contributed by atoms with Crippen molar-refractivity contribution < 1.29 is 0 Å². The summed E-state index contributed by atoms with van der Waals surface area (Å²) in [6.45, 7) is 3.11. The van der Waals surface area contributed by atoms with Crippen molar-refractivity contribution in [3.05, 3.63) is 30.2 Å². The van der Waals surface area contributed by atoms with Crippen molar-refractivity contribution in [2.24, 2.45) is 11.7 Å². The lowest BCUT2D eigenvalue weighted by Crippen LogP contribution is -2.36. The van der Waals surface area contributed by atoms with Crippen molar-refractivity contribution in [1.29, 1.82) is 0 Å². The zero-order valence-corrected chi connectivity index (χ0v) is 16.8. The Balaban J connectivity index is 1.42. The summed E-state index contributed by atoms with van der Waals surface area (Å²) >= 11 is 0. The molecule has 0 amide bonds. The van der Waals surface area contributed by atoms with Crippen LogP contribution >= 0.6 is 0 Å². The summed E-state index contributed by atoms with van der Waals surface area (Å²) in [6, 6.07) is 5.26. The molecule has 1 saturated heterocycles. The molecule has 2 aromatic heterocycles. The quantitative estimate of drug-likeness (QED) is 0.805. The smallest absolute Gasteiger partial charge is 0.0967 e. The zero-order chi connectivity index (χ0) is 19.1. The summed E-state index contributed by atoms with van der Waals surface area (Å²) in [6.07, 6.45) is 11.4. The van der Waals surface area contributed by atoms with E-state index in [4.69, 9.17) is 15.8 Å². The minimum Gasteiger partial charge on any atom is -0.380 e. The van der Waals surface area contributed by atoms with Crippen molar-refractivity contribution in [1.82, 2.24) is 19.7 Å². The number of nitrogens with one attached hydrogen (secondary N) is 1. The van der Waals surface area contributed by atoms with E-state index in [1.165, 1.54) is 36.9 Å². The number of pyridine rings is 1. The first-order valence-electron chi connectivity index (χ1n) is 10.9. The van der Waals surface area contributed by atoms with Crippen LogP contribution in [0.25, 0.3) is 11.3 Å². The van der Waals surface area contributed by atoms with E-state index in [1.54, 1.807) is 0 Å². The number of hydrogen-bond donors (Lipinski definition) is 2. The molecule has 0 unspecified atom stereocenters. The third-order valence-electron chi connectivity index (χ3n) is 6.78. The molecule has 0 radical (unpaired) electrons. The van der Waals surface area contributed by atoms with Gasteiger partial charge in [0.15, 0.2) is 0 Å². The summed E-state index contributed by atoms with van der Waals surface area (Å²) in [7, 11) is 2.21. The Morgan fingerprint density at radius 2 is 1.96 bits per heavy atom. The number of aromatic nitrogens is 3. The van der Waals surface area contributed by atoms with Gasteiger partial charge >= 0.3 is 0 Å². The fourth-order valence-electron chi connectivity index (χ4n) is 4.65. The molecule has 3 fully saturated rings. The van der Waals surface area contributed by atoms with E-state index in [9.17, 15) is 0 Å². The van der Waals surface area contributed by atoms with E-state index < -0.39 is 0 Å². The number of nitrogens with two attached hydrogens (primary N) is 1. The molecular weight excluding hydrogens is 348 g/mol. The lowest BCUT2D eigenvalue weighted by molar-refractivity contribution is 0.189. The number of piperidine rings is 1. The lowest BCUT2D eigenvalue weighted by Gasteiger charge is -2.34. The molecule has 0 spiro atoms. The highest BCUT2D eigenvalue weighted by molar-refractivity contribution is 5.76. The van der Waals surface area contributed by atoms with E-state index in [-0.39, 0.29) is 0 Å². The number of anilines is 1. The number of likely N-dealkylation sites (tertiary alicyclic amines) is 1. The molecule has 3 aliphatic rings. The minimum absolute atomic E-state index is 0.508. The largest absolute Gasteiger partial charge is 0.380 e. The minimum atomic E-state index is 0.508. The van der Waals surface area contributed by atoms with Gasteiger partial charge in [0.25, 0.3) is 0 Å². The summed E-state index contributed by atoms with van der Waals surface area (Å²) < 4.78 is 2.21. The first kappa shape index (κ1) is 18.1. The van der Waals surface area contributed by atoms with Gasteiger partial charge in [0.2, 0.25) is 0 Å². The van der Waals surface area contributed by atoms with Crippen LogP contribution in [0.1, 0.15) is 56.2 Å². The Bertz CT molecular complexity index is 812. The van der Waals surface area contributed by atoms with Gasteiger partial charge in [-0.25, -0.2) is 0 Å². The number of rotatable bonds is 6. The molecule has 2 saturated carbocycles. The van der Waals surface area contributed by atoms with Crippen LogP contribution in [0.5, 0.6) is 0 Å². The fourth-order valence-corrected chi connectivity index (χ4v) is 4.65. The maximum Gasteiger partial charge on any atom is 0.0967 e. The Morgan fingerprint density at radius 3 is 2.68 bits per heavy atom. The van der Waals surface area contributed by atoms with Crippen molar-refractivity contribution in [2.75, 3.05) is 32.0 Å². The van der Waals surface area contributed by atoms with Gasteiger partial charge in [-0.1, -0.05) is 0 Å². The van der Waals surface area contributed by atoms with Gasteiger partial charge in [0.05, 0.1) is 23.1 Å². The van der Waals surface area contributed by atoms with Gasteiger partial charge in [-0.3, -0.25) is 9.67 Å². The maximum absolute atomic E-state index is 5.82. The molecule has 6 heteroatoms. The second-order valence-electron chi connectivity index (χ2n) is 9.03. The van der Waals surface area contributed by atoms with Crippen LogP contribution in [0.4, 0.5) is 5.69 Å². The highest BCUT2D eigenvalue weighted by Crippen LogP contribution is 2.46. The van der Waals surface area contributed by atoms with Crippen LogP contribution in [0.3, 0.4) is 0 Å². The van der Waals surface area contributed by atoms with Crippen LogP contribution in [0.2, 0.25) is 0 Å². The summed E-state index contributed by atoms with van der Waals surface area (Å²) in [5.41, 5.74) is 10.5. The number of hydrogen-bond acceptors (Lipinski definition) is 5. The van der Waals surface area contributed by atoms with E-state index >= 15 is 0 Å².